The molecule has 2 nitrogen and oxygen atoms in total. The predicted octanol–water partition coefficient (Wildman–Crippen LogP) is 3.46. The number of rotatable bonds is 4. The molecule has 0 bridgehead atoms. The van der Waals surface area contributed by atoms with Crippen molar-refractivity contribution in [3.05, 3.63) is 22.8 Å². The number of aromatic nitrogens is 1. The molecule has 0 amide bonds. The Morgan fingerprint density at radius 3 is 2.79 bits per heavy atom. The minimum Gasteiger partial charge on any atom is -0.474 e. The van der Waals surface area contributed by atoms with Gasteiger partial charge in [-0.25, -0.2) is 4.98 Å². The quantitative estimate of drug-likeness (QED) is 0.787. The zero-order valence-corrected chi connectivity index (χ0v) is 10.6. The fraction of sp³-hybridized carbons (Fsp3) is 0.500. The van der Waals surface area contributed by atoms with E-state index in [1.54, 1.807) is 6.20 Å². The lowest BCUT2D eigenvalue weighted by atomic mass is 10.2. The summed E-state index contributed by atoms with van der Waals surface area (Å²) < 4.78 is 5.42. The SMILES string of the molecule is CC(C)Oc1ncc(CCBr)cc1Cl. The molecule has 0 unspecified atom stereocenters. The Labute approximate surface area is 97.8 Å². The van der Waals surface area contributed by atoms with Crippen molar-refractivity contribution in [3.8, 4) is 5.88 Å². The fourth-order valence-electron chi connectivity index (χ4n) is 1.02. The summed E-state index contributed by atoms with van der Waals surface area (Å²) in [6.45, 7) is 3.90. The van der Waals surface area contributed by atoms with Crippen LogP contribution in [0.5, 0.6) is 5.88 Å². The molecule has 14 heavy (non-hydrogen) atoms. The van der Waals surface area contributed by atoms with Crippen molar-refractivity contribution in [2.75, 3.05) is 5.33 Å². The van der Waals surface area contributed by atoms with Crippen molar-refractivity contribution in [1.82, 2.24) is 4.98 Å². The van der Waals surface area contributed by atoms with Crippen molar-refractivity contribution >= 4 is 27.5 Å². The lowest BCUT2D eigenvalue weighted by Gasteiger charge is -2.10. The maximum atomic E-state index is 6.01. The average molecular weight is 279 g/mol. The van der Waals surface area contributed by atoms with Crippen LogP contribution in [0.3, 0.4) is 0 Å². The lowest BCUT2D eigenvalue weighted by Crippen LogP contribution is -2.07. The zero-order chi connectivity index (χ0) is 10.6. The first kappa shape index (κ1) is 11.8. The molecule has 0 saturated heterocycles. The molecule has 1 heterocycles. The summed E-state index contributed by atoms with van der Waals surface area (Å²) in [5, 5.41) is 1.49. The summed E-state index contributed by atoms with van der Waals surface area (Å²) in [4.78, 5) is 4.16. The van der Waals surface area contributed by atoms with Gasteiger partial charge in [-0.15, -0.1) is 0 Å². The Morgan fingerprint density at radius 1 is 1.57 bits per heavy atom. The second-order valence-electron chi connectivity index (χ2n) is 3.24. The molecular formula is C10H13BrClNO. The molecule has 4 heteroatoms. The number of hydrogen-bond acceptors (Lipinski definition) is 2. The van der Waals surface area contributed by atoms with Crippen molar-refractivity contribution in [2.24, 2.45) is 0 Å². The maximum absolute atomic E-state index is 6.01. The normalized spacial score (nSPS) is 10.6. The van der Waals surface area contributed by atoms with Crippen LogP contribution < -0.4 is 4.74 Å². The molecule has 0 atom stereocenters. The van der Waals surface area contributed by atoms with Gasteiger partial charge in [-0.1, -0.05) is 27.5 Å². The first-order chi connectivity index (χ1) is 6.63. The molecule has 0 N–H and O–H groups in total. The molecule has 0 aliphatic heterocycles. The van der Waals surface area contributed by atoms with Crippen molar-refractivity contribution in [2.45, 2.75) is 26.4 Å². The summed E-state index contributed by atoms with van der Waals surface area (Å²) in [6, 6.07) is 1.90. The van der Waals surface area contributed by atoms with E-state index in [-0.39, 0.29) is 6.10 Å². The Bertz CT molecular complexity index is 304. The number of nitrogens with zero attached hydrogens (tertiary/aromatic N) is 1. The summed E-state index contributed by atoms with van der Waals surface area (Å²) >= 11 is 9.37. The van der Waals surface area contributed by atoms with Crippen LogP contribution in [0.2, 0.25) is 5.02 Å². The molecule has 1 rings (SSSR count). The molecule has 0 spiro atoms. The molecule has 0 radical (unpaired) electrons. The highest BCUT2D eigenvalue weighted by Gasteiger charge is 2.06. The fourth-order valence-corrected chi connectivity index (χ4v) is 1.71. The summed E-state index contributed by atoms with van der Waals surface area (Å²) in [5.74, 6) is 0.514. The van der Waals surface area contributed by atoms with E-state index in [0.717, 1.165) is 17.3 Å². The molecule has 1 aromatic heterocycles. The van der Waals surface area contributed by atoms with Gasteiger partial charge in [0.25, 0.3) is 0 Å². The van der Waals surface area contributed by atoms with Crippen LogP contribution >= 0.6 is 27.5 Å². The molecule has 78 valence electrons. The van der Waals surface area contributed by atoms with Crippen LogP contribution in [-0.2, 0) is 6.42 Å². The first-order valence-corrected chi connectivity index (χ1v) is 6.00. The van der Waals surface area contributed by atoms with E-state index in [1.807, 2.05) is 19.9 Å². The van der Waals surface area contributed by atoms with Crippen LogP contribution in [0, 0.1) is 0 Å². The van der Waals surface area contributed by atoms with Gasteiger partial charge < -0.3 is 4.74 Å². The van der Waals surface area contributed by atoms with Crippen molar-refractivity contribution in [3.63, 3.8) is 0 Å². The molecular weight excluding hydrogens is 265 g/mol. The monoisotopic (exact) mass is 277 g/mol. The smallest absolute Gasteiger partial charge is 0.232 e. The topological polar surface area (TPSA) is 22.1 Å². The van der Waals surface area contributed by atoms with Gasteiger partial charge in [0.2, 0.25) is 5.88 Å². The third-order valence-corrected chi connectivity index (χ3v) is 2.26. The molecule has 0 fully saturated rings. The second kappa shape index (κ2) is 5.56. The van der Waals surface area contributed by atoms with E-state index in [0.29, 0.717) is 10.9 Å². The standard InChI is InChI=1S/C10H13BrClNO/c1-7(2)14-10-9(12)5-8(3-4-11)6-13-10/h5-7H,3-4H2,1-2H3. The van der Waals surface area contributed by atoms with Crippen LogP contribution in [0.4, 0.5) is 0 Å². The van der Waals surface area contributed by atoms with E-state index in [4.69, 9.17) is 16.3 Å². The lowest BCUT2D eigenvalue weighted by molar-refractivity contribution is 0.232. The van der Waals surface area contributed by atoms with E-state index in [9.17, 15) is 0 Å². The van der Waals surface area contributed by atoms with Gasteiger partial charge in [-0.05, 0) is 31.9 Å². The summed E-state index contributed by atoms with van der Waals surface area (Å²) in [6.07, 6.45) is 2.82. The zero-order valence-electron chi connectivity index (χ0n) is 8.26. The predicted molar refractivity (Wildman–Crippen MR) is 62.5 cm³/mol. The van der Waals surface area contributed by atoms with Crippen LogP contribution in [0.25, 0.3) is 0 Å². The Kier molecular flexibility index (Phi) is 4.69. The average Bonchev–Trinajstić information content (AvgIpc) is 2.10. The Balaban J connectivity index is 2.79. The highest BCUT2D eigenvalue weighted by molar-refractivity contribution is 9.09. The van der Waals surface area contributed by atoms with Gasteiger partial charge in [-0.3, -0.25) is 0 Å². The summed E-state index contributed by atoms with van der Waals surface area (Å²) in [7, 11) is 0. The number of hydrogen-bond donors (Lipinski definition) is 0. The van der Waals surface area contributed by atoms with Crippen molar-refractivity contribution in [1.29, 1.82) is 0 Å². The Hall–Kier alpha value is -0.280. The molecule has 1 aromatic rings. The third kappa shape index (κ3) is 3.46. The minimum atomic E-state index is 0.0991. The third-order valence-electron chi connectivity index (χ3n) is 1.59. The second-order valence-corrected chi connectivity index (χ2v) is 4.44. The number of aryl methyl sites for hydroxylation is 1. The van der Waals surface area contributed by atoms with Crippen LogP contribution in [0.1, 0.15) is 19.4 Å². The molecule has 0 saturated carbocycles. The number of ether oxygens (including phenoxy) is 1. The van der Waals surface area contributed by atoms with Gasteiger partial charge >= 0.3 is 0 Å². The van der Waals surface area contributed by atoms with E-state index < -0.39 is 0 Å². The van der Waals surface area contributed by atoms with E-state index >= 15 is 0 Å². The van der Waals surface area contributed by atoms with Crippen molar-refractivity contribution < 1.29 is 4.74 Å². The van der Waals surface area contributed by atoms with Gasteiger partial charge in [0.15, 0.2) is 0 Å². The van der Waals surface area contributed by atoms with Gasteiger partial charge in [0.05, 0.1) is 6.10 Å². The highest BCUT2D eigenvalue weighted by atomic mass is 79.9. The summed E-state index contributed by atoms with van der Waals surface area (Å²) in [5.41, 5.74) is 1.11. The van der Waals surface area contributed by atoms with Gasteiger partial charge in [0, 0.05) is 11.5 Å². The molecule has 0 aromatic carbocycles. The number of halogens is 2. The number of pyridine rings is 1. The molecule has 0 aliphatic rings. The van der Waals surface area contributed by atoms with E-state index in [1.165, 1.54) is 0 Å². The minimum absolute atomic E-state index is 0.0991. The van der Waals surface area contributed by atoms with Gasteiger partial charge in [-0.2, -0.15) is 0 Å². The van der Waals surface area contributed by atoms with E-state index in [2.05, 4.69) is 20.9 Å². The first-order valence-electron chi connectivity index (χ1n) is 4.50. The van der Waals surface area contributed by atoms with Crippen LogP contribution in [-0.4, -0.2) is 16.4 Å². The van der Waals surface area contributed by atoms with Gasteiger partial charge in [0.1, 0.15) is 5.02 Å². The maximum Gasteiger partial charge on any atom is 0.232 e. The highest BCUT2D eigenvalue weighted by Crippen LogP contribution is 2.23. The molecule has 0 aliphatic carbocycles. The number of alkyl halides is 1. The largest absolute Gasteiger partial charge is 0.474 e. The Morgan fingerprint density at radius 2 is 2.29 bits per heavy atom. The van der Waals surface area contributed by atoms with Crippen LogP contribution in [0.15, 0.2) is 12.3 Å².